The summed E-state index contributed by atoms with van der Waals surface area (Å²) in [6, 6.07) is 14.2. The fourth-order valence-electron chi connectivity index (χ4n) is 9.50. The van der Waals surface area contributed by atoms with Gasteiger partial charge in [0.15, 0.2) is 0 Å². The van der Waals surface area contributed by atoms with E-state index >= 15 is 0 Å². The maximum absolute atomic E-state index is 13.2. The zero-order valence-corrected chi connectivity index (χ0v) is 50.0. The second-order valence-corrected chi connectivity index (χ2v) is 23.0. The number of amides is 1. The van der Waals surface area contributed by atoms with E-state index < -0.39 is 11.7 Å². The molecule has 2 aliphatic carbocycles. The van der Waals surface area contributed by atoms with Crippen molar-refractivity contribution in [3.8, 4) is 10.4 Å². The quantitative estimate of drug-likeness (QED) is 0.0864. The van der Waals surface area contributed by atoms with E-state index in [0.717, 1.165) is 129 Å². The van der Waals surface area contributed by atoms with Gasteiger partial charge in [0.25, 0.3) is 5.56 Å². The van der Waals surface area contributed by atoms with Crippen LogP contribution in [0.1, 0.15) is 189 Å². The smallest absolute Gasteiger partial charge is 0.407 e. The predicted octanol–water partition coefficient (Wildman–Crippen LogP) is 15.9. The van der Waals surface area contributed by atoms with Crippen molar-refractivity contribution in [1.29, 1.82) is 0 Å². The minimum absolute atomic E-state index is 0.0360. The fraction of sp³-hybridized carbons (Fsp3) is 0.639. The number of aryl methyl sites for hydroxylation is 1. The number of aromatic nitrogens is 3. The summed E-state index contributed by atoms with van der Waals surface area (Å²) in [4.78, 5) is 37.5. The minimum Gasteiger partial charge on any atom is -0.495 e. The molecular formula is C61H94BrN5O6S. The number of benzene rings is 2. The lowest BCUT2D eigenvalue weighted by atomic mass is 9.82. The van der Waals surface area contributed by atoms with Crippen LogP contribution < -0.4 is 10.9 Å². The van der Waals surface area contributed by atoms with E-state index in [2.05, 4.69) is 108 Å². The highest BCUT2D eigenvalue weighted by Crippen LogP contribution is 2.42. The highest BCUT2D eigenvalue weighted by molar-refractivity contribution is 9.10. The Hall–Kier alpha value is -3.88. The van der Waals surface area contributed by atoms with Gasteiger partial charge < -0.3 is 33.7 Å². The Balaban J connectivity index is 0.000000286. The van der Waals surface area contributed by atoms with Gasteiger partial charge in [-0.1, -0.05) is 117 Å². The number of thiazole rings is 1. The van der Waals surface area contributed by atoms with Gasteiger partial charge in [0.05, 0.1) is 39.6 Å². The predicted molar refractivity (Wildman–Crippen MR) is 312 cm³/mol. The third kappa shape index (κ3) is 20.6. The largest absolute Gasteiger partial charge is 0.495 e. The van der Waals surface area contributed by atoms with E-state index in [-0.39, 0.29) is 17.5 Å². The molecule has 2 aromatic carbocycles. The van der Waals surface area contributed by atoms with E-state index in [9.17, 15) is 9.59 Å². The van der Waals surface area contributed by atoms with Crippen LogP contribution >= 0.6 is 27.3 Å². The summed E-state index contributed by atoms with van der Waals surface area (Å²) in [6.45, 7) is 32.9. The zero-order chi connectivity index (χ0) is 54.0. The van der Waals surface area contributed by atoms with Gasteiger partial charge in [0, 0.05) is 43.2 Å². The van der Waals surface area contributed by atoms with Crippen LogP contribution in [0.2, 0.25) is 0 Å². The molecule has 1 saturated carbocycles. The maximum atomic E-state index is 13.2. The third-order valence-corrected chi connectivity index (χ3v) is 15.4. The van der Waals surface area contributed by atoms with Gasteiger partial charge in [-0.15, -0.1) is 11.3 Å². The summed E-state index contributed by atoms with van der Waals surface area (Å²) in [6.07, 6.45) is 17.6. The highest BCUT2D eigenvalue weighted by Gasteiger charge is 2.32. The monoisotopic (exact) mass is 1100 g/mol. The standard InChI is InChI=1S/C33H48BrN3O3.C16H20N2O2S.C6H14O.C6H12/c1-6-9-18-39-19-20-40-30-22-29(24(5)21-26(30)25-13-16-36(15-7-2)17-14-25)37-28-12-10-11-27(34)31(28)33(38)35-32(37)23(4)8-3;1-11-14(21-10-18-11)13-7-5-12(6-8-13)9-17-15(19)20-16(2,3)4;1-3-5-7-6-4-2;1-6-4-2-3-5-6/h10-12,21,23,25,29H,6-9,13-20,22H2,1-5H3;5-8,10H,9H2,1-4H3,(H,17,19);3-6H2,1-2H3;6H,2-5H2,1H3. The number of fused-ring (bicyclic) bond motifs is 1. The Morgan fingerprint density at radius 1 is 0.878 bits per heavy atom. The van der Waals surface area contributed by atoms with Crippen molar-refractivity contribution < 1.29 is 23.7 Å². The molecule has 3 heterocycles. The first-order valence-electron chi connectivity index (χ1n) is 28.1. The molecule has 7 rings (SSSR count). The molecule has 0 spiro atoms. The Morgan fingerprint density at radius 2 is 1.55 bits per heavy atom. The first kappa shape index (κ1) is 62.7. The molecule has 2 fully saturated rings. The molecular weight excluding hydrogens is 1010 g/mol. The molecule has 11 nitrogen and oxygen atoms in total. The lowest BCUT2D eigenvalue weighted by molar-refractivity contribution is 0.0523. The van der Waals surface area contributed by atoms with Gasteiger partial charge in [0.1, 0.15) is 23.8 Å². The van der Waals surface area contributed by atoms with Crippen LogP contribution in [-0.2, 0) is 25.5 Å². The first-order valence-corrected chi connectivity index (χ1v) is 29.8. The number of rotatable bonds is 20. The van der Waals surface area contributed by atoms with Crippen molar-refractivity contribution in [2.24, 2.45) is 11.8 Å². The molecule has 13 heteroatoms. The van der Waals surface area contributed by atoms with Crippen molar-refractivity contribution in [1.82, 2.24) is 24.8 Å². The number of likely N-dealkylation sites (tertiary alicyclic amines) is 1. The number of piperidine rings is 1. The molecule has 2 unspecified atom stereocenters. The number of allylic oxidation sites excluding steroid dienone is 4. The number of nitrogens with zero attached hydrogens (tertiary/aromatic N) is 4. The fourth-order valence-corrected chi connectivity index (χ4v) is 10.8. The van der Waals surface area contributed by atoms with Gasteiger partial charge in [-0.2, -0.15) is 4.98 Å². The van der Waals surface area contributed by atoms with E-state index in [1.807, 2.05) is 69.6 Å². The van der Waals surface area contributed by atoms with E-state index in [4.69, 9.17) is 18.9 Å². The summed E-state index contributed by atoms with van der Waals surface area (Å²) in [5, 5.41) is 3.40. The second-order valence-electron chi connectivity index (χ2n) is 21.3. The number of hydrogen-bond donors (Lipinski definition) is 1. The summed E-state index contributed by atoms with van der Waals surface area (Å²) >= 11 is 5.26. The Kier molecular flexibility index (Phi) is 28.2. The van der Waals surface area contributed by atoms with Crippen LogP contribution in [0.4, 0.5) is 4.79 Å². The molecule has 2 aromatic heterocycles. The number of alkyl carbamates (subject to hydrolysis) is 1. The number of ether oxygens (including phenoxy) is 4. The molecule has 4 aromatic rings. The van der Waals surface area contributed by atoms with E-state index in [1.54, 1.807) is 11.3 Å². The molecule has 1 N–H and O–H groups in total. The number of nitrogens with one attached hydrogen (secondary N) is 1. The van der Waals surface area contributed by atoms with Crippen molar-refractivity contribution in [2.75, 3.05) is 52.7 Å². The third-order valence-electron chi connectivity index (χ3n) is 13.8. The molecule has 74 heavy (non-hydrogen) atoms. The second kappa shape index (κ2) is 33.3. The van der Waals surface area contributed by atoms with Crippen molar-refractivity contribution in [3.05, 3.63) is 103 Å². The highest BCUT2D eigenvalue weighted by atomic mass is 79.9. The lowest BCUT2D eigenvalue weighted by Crippen LogP contribution is -2.35. The van der Waals surface area contributed by atoms with Gasteiger partial charge in [-0.3, -0.25) is 4.79 Å². The van der Waals surface area contributed by atoms with E-state index in [0.29, 0.717) is 31.1 Å². The number of hydrogen-bond acceptors (Lipinski definition) is 10. The number of carbonyl (C=O) groups excluding carboxylic acids is 1. The minimum atomic E-state index is -0.475. The molecule has 412 valence electrons. The van der Waals surface area contributed by atoms with Gasteiger partial charge in [-0.05, 0) is 161 Å². The molecule has 2 atom stereocenters. The summed E-state index contributed by atoms with van der Waals surface area (Å²) in [7, 11) is 0. The number of halogens is 1. The Morgan fingerprint density at radius 3 is 2.12 bits per heavy atom. The van der Waals surface area contributed by atoms with Crippen LogP contribution in [0.5, 0.6) is 0 Å². The summed E-state index contributed by atoms with van der Waals surface area (Å²) in [5.41, 5.74) is 8.03. The number of unbranched alkanes of at least 4 members (excludes halogenated alkanes) is 1. The van der Waals surface area contributed by atoms with Crippen LogP contribution in [0.3, 0.4) is 0 Å². The molecule has 1 amide bonds. The SMILES string of the molecule is CC1CCCC1.CCCCOCCOC1=C(C2CCN(CCC)CC2)C=C(C)C(n2c(C(C)CC)nc(=O)c3c(Br)cccc32)C1.CCCOCCC.Cc1ncsc1-c1ccc(CNC(=O)OC(C)(C)C)cc1. The molecule has 0 bridgehead atoms. The summed E-state index contributed by atoms with van der Waals surface area (Å²) in [5.74, 6) is 3.65. The van der Waals surface area contributed by atoms with Crippen molar-refractivity contribution >= 4 is 44.3 Å². The van der Waals surface area contributed by atoms with Crippen molar-refractivity contribution in [2.45, 2.75) is 191 Å². The normalized spacial score (nSPS) is 16.8. The van der Waals surface area contributed by atoms with Gasteiger partial charge in [0.2, 0.25) is 0 Å². The molecule has 3 aliphatic rings. The molecule has 0 radical (unpaired) electrons. The van der Waals surface area contributed by atoms with Gasteiger partial charge in [-0.25, -0.2) is 9.78 Å². The Bertz CT molecular complexity index is 2370. The maximum Gasteiger partial charge on any atom is 0.407 e. The van der Waals surface area contributed by atoms with Crippen molar-refractivity contribution in [3.63, 3.8) is 0 Å². The molecule has 1 saturated heterocycles. The van der Waals surface area contributed by atoms with Gasteiger partial charge >= 0.3 is 6.09 Å². The molecule has 1 aliphatic heterocycles. The van der Waals surface area contributed by atoms with Crippen LogP contribution in [0.25, 0.3) is 21.3 Å². The Labute approximate surface area is 458 Å². The van der Waals surface area contributed by atoms with Crippen LogP contribution in [-0.4, -0.2) is 83.8 Å². The average molecular weight is 1110 g/mol. The summed E-state index contributed by atoms with van der Waals surface area (Å²) < 4.78 is 25.9. The topological polar surface area (TPSA) is 117 Å². The average Bonchev–Trinajstić information content (AvgIpc) is 4.05. The number of carbonyl (C=O) groups is 1. The van der Waals surface area contributed by atoms with Crippen LogP contribution in [0, 0.1) is 18.8 Å². The zero-order valence-electron chi connectivity index (χ0n) is 47.6. The van der Waals surface area contributed by atoms with E-state index in [1.165, 1.54) is 54.7 Å². The van der Waals surface area contributed by atoms with Crippen LogP contribution in [0.15, 0.2) is 80.2 Å². The lowest BCUT2D eigenvalue weighted by Gasteiger charge is -2.37. The first-order chi connectivity index (χ1) is 35.5.